The monoisotopic (exact) mass is 283 g/mol. The highest BCUT2D eigenvalue weighted by Crippen LogP contribution is 2.11. The molecule has 3 atom stereocenters. The standard InChI is InChI=1S/C15H29N3O2/c1-5-11(4)13(15(20)17-9-10(2)3)18-14(19)12-7-6-8-16-12/h10-13,16H,5-9H2,1-4H3,(H,17,20)(H,18,19)/t11-,12-,13-/m0/s1. The number of hydrogen-bond donors (Lipinski definition) is 3. The third-order valence-corrected chi connectivity index (χ3v) is 3.85. The van der Waals surface area contributed by atoms with Gasteiger partial charge in [0.05, 0.1) is 6.04 Å². The molecule has 1 aliphatic heterocycles. The van der Waals surface area contributed by atoms with Gasteiger partial charge in [-0.3, -0.25) is 9.59 Å². The molecule has 1 fully saturated rings. The topological polar surface area (TPSA) is 70.2 Å². The SMILES string of the molecule is CC[C@H](C)[C@H](NC(=O)[C@@H]1CCCN1)C(=O)NCC(C)C. The van der Waals surface area contributed by atoms with Crippen LogP contribution in [-0.4, -0.2) is 37.0 Å². The summed E-state index contributed by atoms with van der Waals surface area (Å²) in [5.74, 6) is 0.420. The second-order valence-electron chi connectivity index (χ2n) is 6.16. The highest BCUT2D eigenvalue weighted by molar-refractivity contribution is 5.90. The zero-order chi connectivity index (χ0) is 15.1. The minimum Gasteiger partial charge on any atom is -0.354 e. The maximum absolute atomic E-state index is 12.3. The van der Waals surface area contributed by atoms with Crippen LogP contribution in [0.15, 0.2) is 0 Å². The number of carbonyl (C=O) groups is 2. The van der Waals surface area contributed by atoms with Gasteiger partial charge in [0, 0.05) is 6.54 Å². The molecule has 0 aliphatic carbocycles. The molecule has 0 aromatic heterocycles. The Hall–Kier alpha value is -1.10. The van der Waals surface area contributed by atoms with Crippen molar-refractivity contribution in [2.75, 3.05) is 13.1 Å². The fourth-order valence-corrected chi connectivity index (χ4v) is 2.28. The smallest absolute Gasteiger partial charge is 0.242 e. The molecule has 1 saturated heterocycles. The van der Waals surface area contributed by atoms with Crippen molar-refractivity contribution in [1.29, 1.82) is 0 Å². The van der Waals surface area contributed by atoms with Gasteiger partial charge in [-0.1, -0.05) is 34.1 Å². The van der Waals surface area contributed by atoms with E-state index in [1.165, 1.54) is 0 Å². The molecule has 2 amide bonds. The second-order valence-corrected chi connectivity index (χ2v) is 6.16. The molecule has 0 aromatic rings. The van der Waals surface area contributed by atoms with E-state index in [-0.39, 0.29) is 23.8 Å². The molecule has 5 heteroatoms. The van der Waals surface area contributed by atoms with Crippen molar-refractivity contribution in [1.82, 2.24) is 16.0 Å². The third kappa shape index (κ3) is 5.12. The maximum Gasteiger partial charge on any atom is 0.242 e. The summed E-state index contributed by atoms with van der Waals surface area (Å²) in [4.78, 5) is 24.4. The molecule has 0 spiro atoms. The minimum atomic E-state index is -0.436. The summed E-state index contributed by atoms with van der Waals surface area (Å²) in [7, 11) is 0. The van der Waals surface area contributed by atoms with Crippen molar-refractivity contribution in [3.05, 3.63) is 0 Å². The first kappa shape index (κ1) is 17.0. The lowest BCUT2D eigenvalue weighted by molar-refractivity contribution is -0.131. The van der Waals surface area contributed by atoms with Gasteiger partial charge in [0.1, 0.15) is 6.04 Å². The molecule has 5 nitrogen and oxygen atoms in total. The van der Waals surface area contributed by atoms with E-state index < -0.39 is 6.04 Å². The normalized spacial score (nSPS) is 21.6. The predicted octanol–water partition coefficient (Wildman–Crippen LogP) is 1.04. The molecule has 0 radical (unpaired) electrons. The van der Waals surface area contributed by atoms with Crippen LogP contribution in [0, 0.1) is 11.8 Å². The number of carbonyl (C=O) groups excluding carboxylic acids is 2. The van der Waals surface area contributed by atoms with Gasteiger partial charge in [-0.2, -0.15) is 0 Å². The Morgan fingerprint density at radius 1 is 1.30 bits per heavy atom. The van der Waals surface area contributed by atoms with Gasteiger partial charge in [-0.15, -0.1) is 0 Å². The molecular weight excluding hydrogens is 254 g/mol. The van der Waals surface area contributed by atoms with Gasteiger partial charge in [0.25, 0.3) is 0 Å². The van der Waals surface area contributed by atoms with E-state index >= 15 is 0 Å². The summed E-state index contributed by atoms with van der Waals surface area (Å²) in [5, 5.41) is 9.00. The molecule has 3 N–H and O–H groups in total. The van der Waals surface area contributed by atoms with Crippen molar-refractivity contribution in [3.63, 3.8) is 0 Å². The first-order valence-corrected chi connectivity index (χ1v) is 7.77. The van der Waals surface area contributed by atoms with Crippen LogP contribution in [0.25, 0.3) is 0 Å². The predicted molar refractivity (Wildman–Crippen MR) is 80.3 cm³/mol. The van der Waals surface area contributed by atoms with Gasteiger partial charge in [0.2, 0.25) is 11.8 Å². The average Bonchev–Trinajstić information content (AvgIpc) is 2.95. The Balaban J connectivity index is 2.58. The fourth-order valence-electron chi connectivity index (χ4n) is 2.28. The number of hydrogen-bond acceptors (Lipinski definition) is 3. The van der Waals surface area contributed by atoms with Crippen molar-refractivity contribution in [2.24, 2.45) is 11.8 Å². The average molecular weight is 283 g/mol. The zero-order valence-electron chi connectivity index (χ0n) is 13.2. The minimum absolute atomic E-state index is 0.0486. The summed E-state index contributed by atoms with van der Waals surface area (Å²) in [6.07, 6.45) is 2.73. The Labute approximate surface area is 122 Å². The van der Waals surface area contributed by atoms with E-state index in [4.69, 9.17) is 0 Å². The second kappa shape index (κ2) is 8.25. The van der Waals surface area contributed by atoms with Crippen molar-refractivity contribution in [2.45, 2.75) is 59.0 Å². The number of rotatable bonds is 7. The van der Waals surface area contributed by atoms with Gasteiger partial charge >= 0.3 is 0 Å². The molecule has 0 unspecified atom stereocenters. The largest absolute Gasteiger partial charge is 0.354 e. The van der Waals surface area contributed by atoms with Gasteiger partial charge in [-0.25, -0.2) is 0 Å². The maximum atomic E-state index is 12.3. The van der Waals surface area contributed by atoms with E-state index in [1.54, 1.807) is 0 Å². The summed E-state index contributed by atoms with van der Waals surface area (Å²) in [6, 6.07) is -0.576. The number of amides is 2. The number of nitrogens with one attached hydrogen (secondary N) is 3. The summed E-state index contributed by atoms with van der Waals surface area (Å²) >= 11 is 0. The van der Waals surface area contributed by atoms with Crippen LogP contribution in [0.1, 0.15) is 47.0 Å². The molecular formula is C15H29N3O2. The van der Waals surface area contributed by atoms with Gasteiger partial charge in [-0.05, 0) is 31.2 Å². The lowest BCUT2D eigenvalue weighted by Gasteiger charge is -2.25. The quantitative estimate of drug-likeness (QED) is 0.654. The molecule has 0 aromatic carbocycles. The van der Waals surface area contributed by atoms with Crippen molar-refractivity contribution >= 4 is 11.8 Å². The molecule has 20 heavy (non-hydrogen) atoms. The summed E-state index contributed by atoms with van der Waals surface area (Å²) in [6.45, 7) is 9.67. The molecule has 0 bridgehead atoms. The van der Waals surface area contributed by atoms with E-state index in [2.05, 4.69) is 29.8 Å². The Bertz CT molecular complexity index is 325. The van der Waals surface area contributed by atoms with Crippen molar-refractivity contribution < 1.29 is 9.59 Å². The third-order valence-electron chi connectivity index (χ3n) is 3.85. The van der Waals surface area contributed by atoms with E-state index in [1.807, 2.05) is 13.8 Å². The molecule has 1 aliphatic rings. The Morgan fingerprint density at radius 3 is 2.50 bits per heavy atom. The lowest BCUT2D eigenvalue weighted by Crippen LogP contribution is -2.54. The zero-order valence-corrected chi connectivity index (χ0v) is 13.2. The molecule has 1 rings (SSSR count). The highest BCUT2D eigenvalue weighted by atomic mass is 16.2. The first-order valence-electron chi connectivity index (χ1n) is 7.77. The van der Waals surface area contributed by atoms with Crippen LogP contribution in [-0.2, 0) is 9.59 Å². The highest BCUT2D eigenvalue weighted by Gasteiger charge is 2.29. The Morgan fingerprint density at radius 2 is 2.00 bits per heavy atom. The van der Waals surface area contributed by atoms with Crippen LogP contribution < -0.4 is 16.0 Å². The molecule has 0 saturated carbocycles. The summed E-state index contributed by atoms with van der Waals surface area (Å²) < 4.78 is 0. The van der Waals surface area contributed by atoms with Gasteiger partial charge in [0.15, 0.2) is 0 Å². The lowest BCUT2D eigenvalue weighted by atomic mass is 9.97. The van der Waals surface area contributed by atoms with Crippen molar-refractivity contribution in [3.8, 4) is 0 Å². The first-order chi connectivity index (χ1) is 9.45. The van der Waals surface area contributed by atoms with Crippen LogP contribution in [0.2, 0.25) is 0 Å². The van der Waals surface area contributed by atoms with E-state index in [0.29, 0.717) is 12.5 Å². The van der Waals surface area contributed by atoms with E-state index in [9.17, 15) is 9.59 Å². The van der Waals surface area contributed by atoms with Crippen LogP contribution in [0.4, 0.5) is 0 Å². The van der Waals surface area contributed by atoms with Crippen LogP contribution in [0.3, 0.4) is 0 Å². The molecule has 116 valence electrons. The van der Waals surface area contributed by atoms with E-state index in [0.717, 1.165) is 25.8 Å². The fraction of sp³-hybridized carbons (Fsp3) is 0.867. The van der Waals surface area contributed by atoms with Crippen LogP contribution >= 0.6 is 0 Å². The van der Waals surface area contributed by atoms with Crippen LogP contribution in [0.5, 0.6) is 0 Å². The Kier molecular flexibility index (Phi) is 6.99. The molecule has 1 heterocycles. The summed E-state index contributed by atoms with van der Waals surface area (Å²) in [5.41, 5.74) is 0. The van der Waals surface area contributed by atoms with Gasteiger partial charge < -0.3 is 16.0 Å².